The number of nitrogens with zero attached hydrogens (tertiary/aromatic N) is 6. The number of aryl methyl sites for hydroxylation is 1. The highest BCUT2D eigenvalue weighted by Crippen LogP contribution is 2.38. The van der Waals surface area contributed by atoms with E-state index in [1.54, 1.807) is 29.2 Å². The second kappa shape index (κ2) is 10.5. The van der Waals surface area contributed by atoms with Gasteiger partial charge < -0.3 is 15.5 Å². The summed E-state index contributed by atoms with van der Waals surface area (Å²) in [6, 6.07) is 9.17. The fraction of sp³-hybridized carbons (Fsp3) is 0.357. The van der Waals surface area contributed by atoms with Gasteiger partial charge in [0.2, 0.25) is 11.9 Å². The Labute approximate surface area is 221 Å². The lowest BCUT2D eigenvalue weighted by Gasteiger charge is -2.24. The zero-order valence-electron chi connectivity index (χ0n) is 21.7. The van der Waals surface area contributed by atoms with Gasteiger partial charge in [-0.1, -0.05) is 12.1 Å². The topological polar surface area (TPSA) is 129 Å². The predicted molar refractivity (Wildman–Crippen MR) is 143 cm³/mol. The molecule has 1 atom stereocenters. The summed E-state index contributed by atoms with van der Waals surface area (Å²) in [6.45, 7) is 6.00. The molecule has 3 heterocycles. The van der Waals surface area contributed by atoms with Gasteiger partial charge in [-0.15, -0.1) is 0 Å². The number of allylic oxidation sites excluding steroid dienone is 2. The number of amides is 2. The number of anilines is 2. The lowest BCUT2D eigenvalue weighted by Crippen LogP contribution is -2.34. The highest BCUT2D eigenvalue weighted by molar-refractivity contribution is 5.94. The number of hydrogen-bond acceptors (Lipinski definition) is 7. The molecule has 3 aromatic rings. The third-order valence-electron chi connectivity index (χ3n) is 7.01. The van der Waals surface area contributed by atoms with Crippen LogP contribution in [0.15, 0.2) is 48.6 Å². The van der Waals surface area contributed by atoms with E-state index in [9.17, 15) is 9.59 Å². The predicted octanol–water partition coefficient (Wildman–Crippen LogP) is 4.25. The minimum Gasteiger partial charge on any atom is -0.339 e. The van der Waals surface area contributed by atoms with Gasteiger partial charge in [-0.2, -0.15) is 10.4 Å². The maximum Gasteiger partial charge on any atom is 0.252 e. The van der Waals surface area contributed by atoms with Crippen LogP contribution in [0.1, 0.15) is 55.5 Å². The van der Waals surface area contributed by atoms with Crippen molar-refractivity contribution in [3.8, 4) is 17.3 Å². The highest BCUT2D eigenvalue weighted by Gasteiger charge is 2.40. The molecule has 2 amide bonds. The van der Waals surface area contributed by atoms with Gasteiger partial charge in [-0.05, 0) is 64.2 Å². The van der Waals surface area contributed by atoms with E-state index in [1.807, 2.05) is 43.1 Å². The highest BCUT2D eigenvalue weighted by atomic mass is 16.2. The Kier molecular flexibility index (Phi) is 6.92. The molecule has 1 saturated carbocycles. The van der Waals surface area contributed by atoms with Crippen molar-refractivity contribution in [2.24, 2.45) is 5.92 Å². The van der Waals surface area contributed by atoms with Crippen molar-refractivity contribution in [2.45, 2.75) is 52.5 Å². The largest absolute Gasteiger partial charge is 0.339 e. The zero-order valence-corrected chi connectivity index (χ0v) is 21.7. The maximum absolute atomic E-state index is 12.9. The second-order valence-electron chi connectivity index (χ2n) is 9.84. The number of hydrogen-bond donors (Lipinski definition) is 2. The number of aromatic nitrogens is 4. The molecule has 0 spiro atoms. The van der Waals surface area contributed by atoms with Gasteiger partial charge in [0.15, 0.2) is 0 Å². The van der Waals surface area contributed by atoms with Crippen LogP contribution in [0.25, 0.3) is 17.0 Å². The zero-order chi connectivity index (χ0) is 26.8. The van der Waals surface area contributed by atoms with Gasteiger partial charge in [0, 0.05) is 35.0 Å². The number of benzene rings is 1. The van der Waals surface area contributed by atoms with Crippen LogP contribution in [-0.4, -0.2) is 49.0 Å². The summed E-state index contributed by atoms with van der Waals surface area (Å²) >= 11 is 0. The molecule has 2 aromatic heterocycles. The Hall–Kier alpha value is -4.52. The van der Waals surface area contributed by atoms with E-state index in [-0.39, 0.29) is 30.3 Å². The number of nitrogens with one attached hydrogen (secondary N) is 2. The van der Waals surface area contributed by atoms with Gasteiger partial charge in [0.25, 0.3) is 5.91 Å². The van der Waals surface area contributed by atoms with E-state index in [0.717, 1.165) is 59.6 Å². The smallest absolute Gasteiger partial charge is 0.252 e. The van der Waals surface area contributed by atoms with Crippen molar-refractivity contribution < 1.29 is 9.59 Å². The van der Waals surface area contributed by atoms with Crippen LogP contribution in [0, 0.1) is 24.2 Å². The Morgan fingerprint density at radius 1 is 1.16 bits per heavy atom. The molecule has 1 unspecified atom stereocenters. The number of rotatable bonds is 7. The third kappa shape index (κ3) is 5.13. The fourth-order valence-corrected chi connectivity index (χ4v) is 4.72. The first kappa shape index (κ1) is 25.1. The minimum absolute atomic E-state index is 0.0379. The first-order chi connectivity index (χ1) is 18.4. The van der Waals surface area contributed by atoms with Crippen molar-refractivity contribution >= 4 is 29.1 Å². The Morgan fingerprint density at radius 2 is 1.92 bits per heavy atom. The molecule has 0 bridgehead atoms. The average Bonchev–Trinajstić information content (AvgIpc) is 3.56. The molecule has 10 heteroatoms. The molecule has 38 heavy (non-hydrogen) atoms. The molecule has 5 rings (SSSR count). The molecule has 1 aromatic carbocycles. The quantitative estimate of drug-likeness (QED) is 0.455. The summed E-state index contributed by atoms with van der Waals surface area (Å²) in [6.07, 6.45) is 9.14. The van der Waals surface area contributed by atoms with Crippen LogP contribution < -0.4 is 10.6 Å². The summed E-state index contributed by atoms with van der Waals surface area (Å²) in [5.74, 6) is 0.546. The van der Waals surface area contributed by atoms with Gasteiger partial charge in [0.05, 0.1) is 35.5 Å². The van der Waals surface area contributed by atoms with Gasteiger partial charge >= 0.3 is 0 Å². The molecule has 2 fully saturated rings. The molecular formula is C28H30N8O2. The van der Waals surface area contributed by atoms with Crippen molar-refractivity contribution in [2.75, 3.05) is 11.9 Å². The van der Waals surface area contributed by atoms with E-state index < -0.39 is 0 Å². The van der Waals surface area contributed by atoms with Crippen LogP contribution in [0.3, 0.4) is 0 Å². The molecule has 1 aliphatic heterocycles. The van der Waals surface area contributed by atoms with E-state index in [1.165, 1.54) is 0 Å². The number of likely N-dealkylation sites (tertiary alicyclic amines) is 1. The van der Waals surface area contributed by atoms with Gasteiger partial charge in [0.1, 0.15) is 6.54 Å². The number of carbonyl (C=O) groups is 2. The van der Waals surface area contributed by atoms with Crippen molar-refractivity contribution in [3.63, 3.8) is 0 Å². The first-order valence-corrected chi connectivity index (χ1v) is 12.8. The number of carbonyl (C=O) groups excluding carboxylic acids is 2. The Bertz CT molecular complexity index is 1450. The third-order valence-corrected chi connectivity index (χ3v) is 7.01. The molecular weight excluding hydrogens is 480 g/mol. The summed E-state index contributed by atoms with van der Waals surface area (Å²) in [4.78, 5) is 36.1. The van der Waals surface area contributed by atoms with Gasteiger partial charge in [-0.25, -0.2) is 14.6 Å². The summed E-state index contributed by atoms with van der Waals surface area (Å²) < 4.78 is 1.80. The summed E-state index contributed by atoms with van der Waals surface area (Å²) in [5, 5.41) is 18.9. The number of nitriles is 1. The van der Waals surface area contributed by atoms with Gasteiger partial charge in [-0.3, -0.25) is 9.59 Å². The molecule has 10 nitrogen and oxygen atoms in total. The van der Waals surface area contributed by atoms with Crippen molar-refractivity contribution in [3.05, 3.63) is 59.7 Å². The molecule has 2 N–H and O–H groups in total. The summed E-state index contributed by atoms with van der Waals surface area (Å²) in [7, 11) is 0. The molecule has 1 saturated heterocycles. The Morgan fingerprint density at radius 3 is 2.63 bits per heavy atom. The van der Waals surface area contributed by atoms with Crippen LogP contribution in [0.4, 0.5) is 11.6 Å². The lowest BCUT2D eigenvalue weighted by molar-refractivity contribution is -0.131. The van der Waals surface area contributed by atoms with Crippen molar-refractivity contribution in [1.82, 2.24) is 30.0 Å². The SMILES string of the molecule is C/C(=C1\CCC(C)N1C(=O)C1CC1)n1cc(Nc2ncc(C)c(-c3ccc(C(=O)NCC#N)cc3)n2)cn1. The van der Waals surface area contributed by atoms with Crippen molar-refractivity contribution in [1.29, 1.82) is 5.26 Å². The molecule has 0 radical (unpaired) electrons. The van der Waals surface area contributed by atoms with Crippen LogP contribution in [0.5, 0.6) is 0 Å². The summed E-state index contributed by atoms with van der Waals surface area (Å²) in [5.41, 5.74) is 5.67. The monoisotopic (exact) mass is 510 g/mol. The average molecular weight is 511 g/mol. The van der Waals surface area contributed by atoms with E-state index >= 15 is 0 Å². The fourth-order valence-electron chi connectivity index (χ4n) is 4.72. The van der Waals surface area contributed by atoms with E-state index in [0.29, 0.717) is 11.5 Å². The molecule has 194 valence electrons. The molecule has 1 aliphatic carbocycles. The standard InChI is InChI=1S/C28H30N8O2/c1-17-14-31-28(34-25(17)20-5-7-21(8-6-20)26(37)30-13-12-29)33-23-15-32-35(16-23)19(3)24-11-4-18(2)36(24)27(38)22-9-10-22/h5-8,14-16,18,22H,4,9-11,13H2,1-3H3,(H,30,37)(H,31,33,34)/b24-19-. The first-order valence-electron chi connectivity index (χ1n) is 12.8. The Balaban J connectivity index is 1.33. The van der Waals surface area contributed by atoms with E-state index in [2.05, 4.69) is 27.6 Å². The maximum atomic E-state index is 12.9. The lowest BCUT2D eigenvalue weighted by atomic mass is 10.1. The minimum atomic E-state index is -0.297. The van der Waals surface area contributed by atoms with E-state index in [4.69, 9.17) is 10.2 Å². The van der Waals surface area contributed by atoms with Crippen LogP contribution in [-0.2, 0) is 4.79 Å². The van der Waals surface area contributed by atoms with Crippen LogP contribution in [0.2, 0.25) is 0 Å². The normalized spacial score (nSPS) is 18.2. The molecule has 2 aliphatic rings. The second-order valence-corrected chi connectivity index (χ2v) is 9.84. The van der Waals surface area contributed by atoms with Crippen LogP contribution >= 0.6 is 0 Å².